The molecule has 0 fully saturated rings. The summed E-state index contributed by atoms with van der Waals surface area (Å²) in [5.41, 5.74) is 1.66. The molecule has 2 N–H and O–H groups in total. The third kappa shape index (κ3) is 5.91. The first-order valence-electron chi connectivity index (χ1n) is 9.62. The van der Waals surface area contributed by atoms with Crippen LogP contribution < -0.4 is 10.6 Å². The van der Waals surface area contributed by atoms with Gasteiger partial charge in [0.15, 0.2) is 17.4 Å². The van der Waals surface area contributed by atoms with Gasteiger partial charge in [0.25, 0.3) is 0 Å². The van der Waals surface area contributed by atoms with Gasteiger partial charge in [-0.25, -0.2) is 4.99 Å². The summed E-state index contributed by atoms with van der Waals surface area (Å²) in [5.74, 6) is 2.54. The summed E-state index contributed by atoms with van der Waals surface area (Å²) >= 11 is 5.92. The van der Waals surface area contributed by atoms with Crippen molar-refractivity contribution in [2.75, 3.05) is 13.1 Å². The molecule has 162 valence electrons. The van der Waals surface area contributed by atoms with Gasteiger partial charge in [0, 0.05) is 36.3 Å². The van der Waals surface area contributed by atoms with Crippen molar-refractivity contribution in [3.63, 3.8) is 0 Å². The summed E-state index contributed by atoms with van der Waals surface area (Å²) < 4.78 is 7.26. The zero-order chi connectivity index (χ0) is 20.8. The van der Waals surface area contributed by atoms with Gasteiger partial charge in [-0.05, 0) is 43.3 Å². The van der Waals surface area contributed by atoms with Crippen LogP contribution in [0.4, 0.5) is 0 Å². The lowest BCUT2D eigenvalue weighted by Crippen LogP contribution is -2.38. The minimum Gasteiger partial charge on any atom is -0.357 e. The molecule has 0 atom stereocenters. The topological polar surface area (TPSA) is 106 Å². The highest BCUT2D eigenvalue weighted by Gasteiger charge is 2.09. The second-order valence-corrected chi connectivity index (χ2v) is 6.87. The number of guanidine groups is 1. The SMILES string of the molecule is CCNC(=NCc1nnc2ccccn12)NCCc1nc(-c2ccc(Cl)cc2)no1.I. The molecule has 0 aliphatic heterocycles. The van der Waals surface area contributed by atoms with Crippen LogP contribution in [-0.4, -0.2) is 43.8 Å². The van der Waals surface area contributed by atoms with Crippen LogP contribution in [0.15, 0.2) is 58.2 Å². The standard InChI is InChI=1S/C20H21ClN8O.HI/c1-2-22-20(24-13-17-27-26-16-5-3-4-12-29(16)17)23-11-10-18-25-19(28-30-18)14-6-8-15(21)9-7-14;/h3-9,12H,2,10-11,13H2,1H3,(H2,22,23,24);1H. The molecule has 0 radical (unpaired) electrons. The second-order valence-electron chi connectivity index (χ2n) is 6.44. The average molecular weight is 553 g/mol. The number of hydrogen-bond acceptors (Lipinski definition) is 6. The fourth-order valence-corrected chi connectivity index (χ4v) is 2.98. The van der Waals surface area contributed by atoms with Crippen molar-refractivity contribution < 1.29 is 4.52 Å². The summed E-state index contributed by atoms with van der Waals surface area (Å²) in [4.78, 5) is 9.02. The molecule has 9 nitrogen and oxygen atoms in total. The molecule has 31 heavy (non-hydrogen) atoms. The summed E-state index contributed by atoms with van der Waals surface area (Å²) in [7, 11) is 0. The Morgan fingerprint density at radius 2 is 1.97 bits per heavy atom. The van der Waals surface area contributed by atoms with E-state index in [0.717, 1.165) is 23.6 Å². The van der Waals surface area contributed by atoms with Gasteiger partial charge in [0.05, 0.1) is 0 Å². The molecule has 11 heteroatoms. The molecule has 0 amide bonds. The Bertz CT molecular complexity index is 1140. The molecular weight excluding hydrogens is 531 g/mol. The number of nitrogens with zero attached hydrogens (tertiary/aromatic N) is 6. The van der Waals surface area contributed by atoms with Gasteiger partial charge in [0.1, 0.15) is 6.54 Å². The molecule has 0 saturated carbocycles. The summed E-state index contributed by atoms with van der Waals surface area (Å²) in [5, 5.41) is 19.5. The molecular formula is C20H22ClIN8O. The number of pyridine rings is 1. The van der Waals surface area contributed by atoms with Crippen molar-refractivity contribution >= 4 is 47.2 Å². The Kier molecular flexibility index (Phi) is 8.18. The molecule has 3 heterocycles. The van der Waals surface area contributed by atoms with Crippen LogP contribution in [0.1, 0.15) is 18.6 Å². The highest BCUT2D eigenvalue weighted by molar-refractivity contribution is 14.0. The predicted octanol–water partition coefficient (Wildman–Crippen LogP) is 3.35. The smallest absolute Gasteiger partial charge is 0.228 e. The third-order valence-corrected chi connectivity index (χ3v) is 4.56. The minimum atomic E-state index is 0. The van der Waals surface area contributed by atoms with Gasteiger partial charge in [-0.1, -0.05) is 22.8 Å². The Morgan fingerprint density at radius 3 is 2.77 bits per heavy atom. The fraction of sp³-hybridized carbons (Fsp3) is 0.250. The molecule has 0 bridgehead atoms. The van der Waals surface area contributed by atoms with Gasteiger partial charge in [-0.15, -0.1) is 34.2 Å². The quantitative estimate of drug-likeness (QED) is 0.206. The van der Waals surface area contributed by atoms with Gasteiger partial charge < -0.3 is 15.2 Å². The molecule has 4 aromatic rings. The van der Waals surface area contributed by atoms with Crippen molar-refractivity contribution in [2.24, 2.45) is 4.99 Å². The number of benzene rings is 1. The van der Waals surface area contributed by atoms with Crippen LogP contribution in [0.5, 0.6) is 0 Å². The molecule has 0 aliphatic carbocycles. The fourth-order valence-electron chi connectivity index (χ4n) is 2.85. The summed E-state index contributed by atoms with van der Waals surface area (Å²) in [6, 6.07) is 13.1. The number of aliphatic imine (C=N–C) groups is 1. The monoisotopic (exact) mass is 552 g/mol. The van der Waals surface area contributed by atoms with Crippen LogP contribution in [0.3, 0.4) is 0 Å². The molecule has 4 rings (SSSR count). The number of aromatic nitrogens is 5. The van der Waals surface area contributed by atoms with E-state index in [-0.39, 0.29) is 24.0 Å². The van der Waals surface area contributed by atoms with Crippen LogP contribution in [0, 0.1) is 0 Å². The lowest BCUT2D eigenvalue weighted by Gasteiger charge is -2.09. The van der Waals surface area contributed by atoms with E-state index in [0.29, 0.717) is 42.2 Å². The zero-order valence-corrected chi connectivity index (χ0v) is 19.9. The van der Waals surface area contributed by atoms with Crippen LogP contribution in [0.25, 0.3) is 17.0 Å². The largest absolute Gasteiger partial charge is 0.357 e. The van der Waals surface area contributed by atoms with Crippen LogP contribution in [0.2, 0.25) is 5.02 Å². The second kappa shape index (κ2) is 11.0. The summed E-state index contributed by atoms with van der Waals surface area (Å²) in [6.45, 7) is 3.75. The van der Waals surface area contributed by atoms with Crippen molar-refractivity contribution in [3.05, 3.63) is 65.4 Å². The van der Waals surface area contributed by atoms with E-state index in [1.807, 2.05) is 47.9 Å². The zero-order valence-electron chi connectivity index (χ0n) is 16.8. The van der Waals surface area contributed by atoms with Crippen molar-refractivity contribution in [1.29, 1.82) is 0 Å². The van der Waals surface area contributed by atoms with E-state index in [1.165, 1.54) is 0 Å². The van der Waals surface area contributed by atoms with Gasteiger partial charge in [0.2, 0.25) is 11.7 Å². The van der Waals surface area contributed by atoms with E-state index in [4.69, 9.17) is 16.1 Å². The lowest BCUT2D eigenvalue weighted by molar-refractivity contribution is 0.378. The van der Waals surface area contributed by atoms with E-state index in [2.05, 4.69) is 36.0 Å². The molecule has 0 saturated heterocycles. The Balaban J connectivity index is 0.00000272. The van der Waals surface area contributed by atoms with Gasteiger partial charge >= 0.3 is 0 Å². The number of rotatable bonds is 7. The van der Waals surface area contributed by atoms with Gasteiger partial charge in [-0.2, -0.15) is 4.98 Å². The minimum absolute atomic E-state index is 0. The first-order valence-corrected chi connectivity index (χ1v) is 10.00. The Morgan fingerprint density at radius 1 is 1.13 bits per heavy atom. The number of nitrogens with one attached hydrogen (secondary N) is 2. The first kappa shape index (κ1) is 22.9. The van der Waals surface area contributed by atoms with Gasteiger partial charge in [-0.3, -0.25) is 4.40 Å². The van der Waals surface area contributed by atoms with E-state index in [9.17, 15) is 0 Å². The Labute approximate surface area is 201 Å². The highest BCUT2D eigenvalue weighted by atomic mass is 127. The maximum Gasteiger partial charge on any atom is 0.228 e. The van der Waals surface area contributed by atoms with E-state index >= 15 is 0 Å². The molecule has 0 spiro atoms. The van der Waals surface area contributed by atoms with Crippen molar-refractivity contribution in [3.8, 4) is 11.4 Å². The van der Waals surface area contributed by atoms with Crippen molar-refractivity contribution in [1.82, 2.24) is 35.4 Å². The number of halogens is 2. The number of fused-ring (bicyclic) bond motifs is 1. The molecule has 3 aromatic heterocycles. The summed E-state index contributed by atoms with van der Waals surface area (Å²) in [6.07, 6.45) is 2.49. The normalized spacial score (nSPS) is 11.4. The third-order valence-electron chi connectivity index (χ3n) is 4.31. The Hall–Kier alpha value is -2.73. The lowest BCUT2D eigenvalue weighted by atomic mass is 10.2. The highest BCUT2D eigenvalue weighted by Crippen LogP contribution is 2.18. The van der Waals surface area contributed by atoms with E-state index in [1.54, 1.807) is 12.1 Å². The maximum atomic E-state index is 5.92. The molecule has 0 unspecified atom stereocenters. The maximum absolute atomic E-state index is 5.92. The van der Waals surface area contributed by atoms with Crippen molar-refractivity contribution in [2.45, 2.75) is 19.9 Å². The molecule has 0 aliphatic rings. The predicted molar refractivity (Wildman–Crippen MR) is 130 cm³/mol. The first-order chi connectivity index (χ1) is 14.7. The number of hydrogen-bond donors (Lipinski definition) is 2. The average Bonchev–Trinajstić information content (AvgIpc) is 3.40. The van der Waals surface area contributed by atoms with E-state index < -0.39 is 0 Å². The van der Waals surface area contributed by atoms with Crippen LogP contribution >= 0.6 is 35.6 Å². The molecule has 1 aromatic carbocycles. The van der Waals surface area contributed by atoms with Crippen LogP contribution in [-0.2, 0) is 13.0 Å².